The molecule has 0 saturated heterocycles. The number of benzene rings is 1. The Morgan fingerprint density at radius 3 is 2.88 bits per heavy atom. The average Bonchev–Trinajstić information content (AvgIpc) is 2.67. The van der Waals surface area contributed by atoms with Crippen LogP contribution in [0.3, 0.4) is 0 Å². The lowest BCUT2D eigenvalue weighted by Gasteiger charge is -1.96. The number of aromatic nitrogens is 1. The van der Waals surface area contributed by atoms with Crippen molar-refractivity contribution in [2.45, 2.75) is 19.3 Å². The molecule has 1 aromatic carbocycles. The number of carboxylic acid groups (broad SMARTS) is 1. The summed E-state index contributed by atoms with van der Waals surface area (Å²) in [4.78, 5) is 14.3. The third-order valence-electron chi connectivity index (χ3n) is 2.26. The van der Waals surface area contributed by atoms with Crippen molar-refractivity contribution in [3.05, 3.63) is 29.7 Å². The van der Waals surface area contributed by atoms with Crippen LogP contribution in [0.4, 0.5) is 8.78 Å². The molecule has 0 fully saturated rings. The highest BCUT2D eigenvalue weighted by Gasteiger charge is 2.12. The Hall–Kier alpha value is -1.98. The first-order chi connectivity index (χ1) is 8.06. The van der Waals surface area contributed by atoms with Gasteiger partial charge in [0, 0.05) is 12.0 Å². The second-order valence-corrected chi connectivity index (χ2v) is 3.53. The number of carbonyl (C=O) groups is 1. The van der Waals surface area contributed by atoms with E-state index >= 15 is 0 Å². The van der Waals surface area contributed by atoms with Crippen LogP contribution in [0.2, 0.25) is 0 Å². The van der Waals surface area contributed by atoms with Crippen LogP contribution < -0.4 is 0 Å². The molecular formula is C11H9F2NO3. The summed E-state index contributed by atoms with van der Waals surface area (Å²) in [6.45, 7) is 0. The monoisotopic (exact) mass is 241 g/mol. The number of oxazole rings is 1. The lowest BCUT2D eigenvalue weighted by molar-refractivity contribution is -0.137. The van der Waals surface area contributed by atoms with Gasteiger partial charge in [0.15, 0.2) is 11.5 Å². The maximum Gasteiger partial charge on any atom is 0.303 e. The molecule has 0 aliphatic heterocycles. The molecule has 0 amide bonds. The number of carboxylic acids is 1. The lowest BCUT2D eigenvalue weighted by atomic mass is 10.2. The number of hydrogen-bond acceptors (Lipinski definition) is 3. The Kier molecular flexibility index (Phi) is 3.03. The highest BCUT2D eigenvalue weighted by Crippen LogP contribution is 2.24. The molecular weight excluding hydrogens is 232 g/mol. The Balaban J connectivity index is 2.27. The molecule has 90 valence electrons. The van der Waals surface area contributed by atoms with Crippen LogP contribution in [0, 0.1) is 0 Å². The van der Waals surface area contributed by atoms with Crippen molar-refractivity contribution in [2.75, 3.05) is 0 Å². The van der Waals surface area contributed by atoms with Crippen molar-refractivity contribution in [3.8, 4) is 0 Å². The summed E-state index contributed by atoms with van der Waals surface area (Å²) in [6, 6.07) is 3.92. The van der Waals surface area contributed by atoms with E-state index in [2.05, 4.69) is 4.98 Å². The second-order valence-electron chi connectivity index (χ2n) is 3.53. The fourth-order valence-corrected chi connectivity index (χ4v) is 1.45. The summed E-state index contributed by atoms with van der Waals surface area (Å²) in [6.07, 6.45) is -2.51. The van der Waals surface area contributed by atoms with Gasteiger partial charge in [0.05, 0.1) is 6.42 Å². The molecule has 1 aromatic heterocycles. The van der Waals surface area contributed by atoms with Crippen LogP contribution in [0.1, 0.15) is 24.3 Å². The summed E-state index contributed by atoms with van der Waals surface area (Å²) in [5.74, 6) is -0.714. The first-order valence-electron chi connectivity index (χ1n) is 4.95. The van der Waals surface area contributed by atoms with Gasteiger partial charge >= 0.3 is 5.97 Å². The number of nitrogens with zero attached hydrogens (tertiary/aromatic N) is 1. The first kappa shape index (κ1) is 11.5. The topological polar surface area (TPSA) is 63.3 Å². The van der Waals surface area contributed by atoms with Gasteiger partial charge in [0.1, 0.15) is 5.52 Å². The summed E-state index contributed by atoms with van der Waals surface area (Å²) in [5.41, 5.74) is 0.577. The van der Waals surface area contributed by atoms with Crippen LogP contribution in [0.25, 0.3) is 11.1 Å². The Morgan fingerprint density at radius 2 is 2.24 bits per heavy atom. The van der Waals surface area contributed by atoms with Crippen LogP contribution in [-0.2, 0) is 11.2 Å². The van der Waals surface area contributed by atoms with Crippen molar-refractivity contribution in [3.63, 3.8) is 0 Å². The zero-order valence-corrected chi connectivity index (χ0v) is 8.69. The molecule has 0 aliphatic rings. The molecule has 6 heteroatoms. The van der Waals surface area contributed by atoms with E-state index in [0.717, 1.165) is 0 Å². The number of rotatable bonds is 4. The quantitative estimate of drug-likeness (QED) is 0.893. The SMILES string of the molecule is O=C(O)CCc1nc2cc(C(F)F)ccc2o1. The zero-order valence-electron chi connectivity index (χ0n) is 8.69. The predicted molar refractivity (Wildman–Crippen MR) is 54.9 cm³/mol. The molecule has 1 N–H and O–H groups in total. The minimum atomic E-state index is -2.56. The summed E-state index contributed by atoms with van der Waals surface area (Å²) in [5, 5.41) is 8.50. The highest BCUT2D eigenvalue weighted by atomic mass is 19.3. The fraction of sp³-hybridized carbons (Fsp3) is 0.273. The normalized spacial score (nSPS) is 11.2. The molecule has 0 atom stereocenters. The van der Waals surface area contributed by atoms with Crippen LogP contribution in [0.5, 0.6) is 0 Å². The summed E-state index contributed by atoms with van der Waals surface area (Å²) in [7, 11) is 0. The highest BCUT2D eigenvalue weighted by molar-refractivity contribution is 5.73. The van der Waals surface area contributed by atoms with E-state index in [1.807, 2.05) is 0 Å². The largest absolute Gasteiger partial charge is 0.481 e. The van der Waals surface area contributed by atoms with Gasteiger partial charge in [0.25, 0.3) is 6.43 Å². The number of hydrogen-bond donors (Lipinski definition) is 1. The van der Waals surface area contributed by atoms with Crippen LogP contribution >= 0.6 is 0 Å². The molecule has 0 aliphatic carbocycles. The summed E-state index contributed by atoms with van der Waals surface area (Å²) >= 11 is 0. The molecule has 0 saturated carbocycles. The van der Waals surface area contributed by atoms with Gasteiger partial charge in [-0.05, 0) is 18.2 Å². The minimum absolute atomic E-state index is 0.103. The van der Waals surface area contributed by atoms with Gasteiger partial charge in [-0.25, -0.2) is 13.8 Å². The zero-order chi connectivity index (χ0) is 12.4. The maximum absolute atomic E-state index is 12.4. The number of alkyl halides is 2. The molecule has 0 radical (unpaired) electrons. The molecule has 2 rings (SSSR count). The van der Waals surface area contributed by atoms with Gasteiger partial charge in [0.2, 0.25) is 0 Å². The molecule has 0 unspecified atom stereocenters. The van der Waals surface area contributed by atoms with Crippen molar-refractivity contribution in [1.82, 2.24) is 4.98 Å². The van der Waals surface area contributed by atoms with Crippen molar-refractivity contribution in [1.29, 1.82) is 0 Å². The third-order valence-corrected chi connectivity index (χ3v) is 2.26. The molecule has 0 spiro atoms. The lowest BCUT2D eigenvalue weighted by Crippen LogP contribution is -1.97. The first-order valence-corrected chi connectivity index (χ1v) is 4.95. The van der Waals surface area contributed by atoms with E-state index in [9.17, 15) is 13.6 Å². The molecule has 17 heavy (non-hydrogen) atoms. The minimum Gasteiger partial charge on any atom is -0.481 e. The van der Waals surface area contributed by atoms with Crippen LogP contribution in [-0.4, -0.2) is 16.1 Å². The molecule has 4 nitrogen and oxygen atoms in total. The number of halogens is 2. The van der Waals surface area contributed by atoms with E-state index in [-0.39, 0.29) is 24.3 Å². The van der Waals surface area contributed by atoms with E-state index in [1.54, 1.807) is 0 Å². The fourth-order valence-electron chi connectivity index (χ4n) is 1.45. The molecule has 0 bridgehead atoms. The van der Waals surface area contributed by atoms with E-state index < -0.39 is 12.4 Å². The number of aryl methyl sites for hydroxylation is 1. The Bertz CT molecular complexity index is 551. The van der Waals surface area contributed by atoms with E-state index in [1.165, 1.54) is 18.2 Å². The van der Waals surface area contributed by atoms with Gasteiger partial charge in [-0.2, -0.15) is 0 Å². The van der Waals surface area contributed by atoms with Crippen LogP contribution in [0.15, 0.2) is 22.6 Å². The third kappa shape index (κ3) is 2.58. The number of aliphatic carboxylic acids is 1. The predicted octanol–water partition coefficient (Wildman–Crippen LogP) is 2.78. The van der Waals surface area contributed by atoms with Gasteiger partial charge in [-0.1, -0.05) is 0 Å². The van der Waals surface area contributed by atoms with Crippen molar-refractivity contribution in [2.24, 2.45) is 0 Å². The maximum atomic E-state index is 12.4. The standard InChI is InChI=1S/C11H9F2NO3/c12-11(13)6-1-2-8-7(5-6)14-9(17-8)3-4-10(15)16/h1-2,5,11H,3-4H2,(H,15,16). The van der Waals surface area contributed by atoms with Crippen molar-refractivity contribution < 1.29 is 23.1 Å². The Labute approximate surface area is 94.9 Å². The Morgan fingerprint density at radius 1 is 1.47 bits per heavy atom. The second kappa shape index (κ2) is 4.48. The smallest absolute Gasteiger partial charge is 0.303 e. The molecule has 2 aromatic rings. The molecule has 1 heterocycles. The van der Waals surface area contributed by atoms with Gasteiger partial charge in [-0.3, -0.25) is 4.79 Å². The van der Waals surface area contributed by atoms with E-state index in [4.69, 9.17) is 9.52 Å². The van der Waals surface area contributed by atoms with E-state index in [0.29, 0.717) is 11.1 Å². The average molecular weight is 241 g/mol. The summed E-state index contributed by atoms with van der Waals surface area (Å²) < 4.78 is 30.1. The van der Waals surface area contributed by atoms with Crippen molar-refractivity contribution >= 4 is 17.1 Å². The van der Waals surface area contributed by atoms with Gasteiger partial charge < -0.3 is 9.52 Å². The number of fused-ring (bicyclic) bond motifs is 1. The van der Waals surface area contributed by atoms with Gasteiger partial charge in [-0.15, -0.1) is 0 Å².